The summed E-state index contributed by atoms with van der Waals surface area (Å²) in [4.78, 5) is 0. The van der Waals surface area contributed by atoms with Gasteiger partial charge in [-0.15, -0.1) is 0 Å². The van der Waals surface area contributed by atoms with E-state index in [-0.39, 0.29) is 0 Å². The van der Waals surface area contributed by atoms with Crippen molar-refractivity contribution in [3.63, 3.8) is 0 Å². The van der Waals surface area contributed by atoms with E-state index in [2.05, 4.69) is 38.3 Å². The van der Waals surface area contributed by atoms with Crippen molar-refractivity contribution in [3.8, 4) is 0 Å². The topological polar surface area (TPSA) is 59.6 Å². The third kappa shape index (κ3) is 8.13. The Morgan fingerprint density at radius 2 is 1.03 bits per heavy atom. The Kier molecular flexibility index (Phi) is 11.7. The Labute approximate surface area is 185 Å². The van der Waals surface area contributed by atoms with E-state index in [9.17, 15) is 4.57 Å². The largest absolute Gasteiger partial charge is 0.804 e. The summed E-state index contributed by atoms with van der Waals surface area (Å²) in [6.45, 7) is 8.35. The van der Waals surface area contributed by atoms with Crippen molar-refractivity contribution in [3.05, 3.63) is 22.9 Å². The van der Waals surface area contributed by atoms with Gasteiger partial charge in [0.2, 0.25) is 0 Å². The van der Waals surface area contributed by atoms with E-state index in [0.717, 1.165) is 35.8 Å². The highest BCUT2D eigenvalue weighted by Gasteiger charge is 2.30. The molecule has 0 aromatic heterocycles. The first-order valence-electron chi connectivity index (χ1n) is 12.4. The molecule has 0 aromatic carbocycles. The highest BCUT2D eigenvalue weighted by Crippen LogP contribution is 2.36. The molecular weight excluding hydrogens is 395 g/mol. The second-order valence-corrected chi connectivity index (χ2v) is 9.39. The molecule has 0 unspecified atom stereocenters. The predicted octanol–water partition coefficient (Wildman–Crippen LogP) is 7.58. The molecule has 0 atom stereocenters. The molecule has 5 nitrogen and oxygen atoms in total. The average Bonchev–Trinajstić information content (AvgIpc) is 2.79. The molecule has 0 aliphatic heterocycles. The third-order valence-corrected chi connectivity index (χ3v) is 7.10. The summed E-state index contributed by atoms with van der Waals surface area (Å²) in [5.74, 6) is 1.55. The Morgan fingerprint density at radius 3 is 1.33 bits per heavy atom. The molecule has 2 saturated carbocycles. The van der Waals surface area contributed by atoms with Crippen molar-refractivity contribution in [1.82, 2.24) is 10.6 Å². The maximum absolute atomic E-state index is 12.8. The fourth-order valence-electron chi connectivity index (χ4n) is 4.61. The van der Waals surface area contributed by atoms with Gasteiger partial charge in [0.15, 0.2) is 11.5 Å². The summed E-state index contributed by atoms with van der Waals surface area (Å²) in [6.07, 6.45) is 15.7. The molecule has 2 aliphatic rings. The van der Waals surface area contributed by atoms with Crippen molar-refractivity contribution in [2.45, 2.75) is 130 Å². The van der Waals surface area contributed by atoms with Crippen LogP contribution in [0, 0.1) is 0 Å². The first-order valence-corrected chi connectivity index (χ1v) is 13.5. The third-order valence-electron chi connectivity index (χ3n) is 6.36. The standard InChI is InChI=1S/C24H44N2O3P/c1-5-21(25-19-15-11-9-12-16-19)23(7-3)28-30(27)29-24(8-4)22(6-2)26-20-17-13-10-14-18-20/h19-20,25-26H,5-18H2,1-4H3/q+1/b23-21-,24-22-. The smallest absolute Gasteiger partial charge is 0.383 e. The first kappa shape index (κ1) is 25.0. The molecule has 0 saturated heterocycles. The Morgan fingerprint density at radius 1 is 0.667 bits per heavy atom. The minimum absolute atomic E-state index is 0.509. The molecule has 0 radical (unpaired) electrons. The van der Waals surface area contributed by atoms with Gasteiger partial charge in [0, 0.05) is 29.5 Å². The van der Waals surface area contributed by atoms with Gasteiger partial charge in [0.1, 0.15) is 0 Å². The van der Waals surface area contributed by atoms with Gasteiger partial charge in [-0.25, -0.2) is 9.05 Å². The second kappa shape index (κ2) is 14.0. The summed E-state index contributed by atoms with van der Waals surface area (Å²) in [7, 11) is -2.24. The fraction of sp³-hybridized carbons (Fsp3) is 0.833. The molecule has 0 amide bonds. The number of allylic oxidation sites excluding steroid dienone is 4. The number of hydrogen-bond acceptors (Lipinski definition) is 5. The van der Waals surface area contributed by atoms with Crippen LogP contribution in [0.5, 0.6) is 0 Å². The lowest BCUT2D eigenvalue weighted by Crippen LogP contribution is -2.31. The van der Waals surface area contributed by atoms with Crippen LogP contribution in [-0.2, 0) is 13.6 Å². The normalized spacial score (nSPS) is 20.7. The molecule has 0 bridgehead atoms. The van der Waals surface area contributed by atoms with Crippen LogP contribution in [0.3, 0.4) is 0 Å². The molecule has 6 heteroatoms. The molecule has 0 heterocycles. The van der Waals surface area contributed by atoms with Gasteiger partial charge >= 0.3 is 8.25 Å². The van der Waals surface area contributed by atoms with Crippen molar-refractivity contribution < 1.29 is 13.6 Å². The zero-order valence-corrected chi connectivity index (χ0v) is 20.6. The molecule has 0 aromatic rings. The van der Waals surface area contributed by atoms with Crippen molar-refractivity contribution in [2.24, 2.45) is 0 Å². The van der Waals surface area contributed by atoms with E-state index in [1.165, 1.54) is 64.2 Å². The molecule has 0 spiro atoms. The maximum Gasteiger partial charge on any atom is 0.804 e. The summed E-state index contributed by atoms with van der Waals surface area (Å²) >= 11 is 0. The van der Waals surface area contributed by atoms with Gasteiger partial charge in [0.05, 0.1) is 11.4 Å². The van der Waals surface area contributed by atoms with Gasteiger partial charge in [-0.3, -0.25) is 0 Å². The van der Waals surface area contributed by atoms with Gasteiger partial charge in [-0.2, -0.15) is 0 Å². The van der Waals surface area contributed by atoms with E-state index < -0.39 is 8.25 Å². The summed E-state index contributed by atoms with van der Waals surface area (Å²) in [5.41, 5.74) is 2.16. The monoisotopic (exact) mass is 439 g/mol. The zero-order chi connectivity index (χ0) is 21.8. The maximum atomic E-state index is 12.8. The number of hydrogen-bond donors (Lipinski definition) is 2. The summed E-state index contributed by atoms with van der Waals surface area (Å²) in [6, 6.07) is 1.02. The van der Waals surface area contributed by atoms with Gasteiger partial charge < -0.3 is 10.6 Å². The molecular formula is C24H44N2O3P+. The van der Waals surface area contributed by atoms with Crippen LogP contribution in [0.15, 0.2) is 22.9 Å². The molecule has 2 aliphatic carbocycles. The van der Waals surface area contributed by atoms with E-state index in [4.69, 9.17) is 9.05 Å². The van der Waals surface area contributed by atoms with Crippen LogP contribution in [-0.4, -0.2) is 12.1 Å². The quantitative estimate of drug-likeness (QED) is 0.242. The fourth-order valence-corrected chi connectivity index (χ4v) is 5.49. The lowest BCUT2D eigenvalue weighted by molar-refractivity contribution is 0.289. The number of rotatable bonds is 12. The van der Waals surface area contributed by atoms with Crippen LogP contribution in [0.2, 0.25) is 0 Å². The molecule has 2 rings (SSSR count). The Balaban J connectivity index is 2.02. The minimum atomic E-state index is -2.24. The van der Waals surface area contributed by atoms with Gasteiger partial charge in [-0.05, 0) is 38.5 Å². The summed E-state index contributed by atoms with van der Waals surface area (Å²) in [5, 5.41) is 7.33. The lowest BCUT2D eigenvalue weighted by atomic mass is 9.95. The van der Waals surface area contributed by atoms with E-state index in [1.807, 2.05) is 0 Å². The van der Waals surface area contributed by atoms with Crippen LogP contribution in [0.1, 0.15) is 118 Å². The van der Waals surface area contributed by atoms with Crippen LogP contribution in [0.25, 0.3) is 0 Å². The number of nitrogens with one attached hydrogen (secondary N) is 2. The minimum Gasteiger partial charge on any atom is -0.383 e. The molecule has 172 valence electrons. The lowest BCUT2D eigenvalue weighted by Gasteiger charge is -2.25. The Bertz CT molecular complexity index is 541. The van der Waals surface area contributed by atoms with Gasteiger partial charge in [-0.1, -0.05) is 66.2 Å². The average molecular weight is 440 g/mol. The van der Waals surface area contributed by atoms with E-state index >= 15 is 0 Å². The molecule has 2 N–H and O–H groups in total. The van der Waals surface area contributed by atoms with Crippen LogP contribution in [0.4, 0.5) is 0 Å². The second-order valence-electron chi connectivity index (χ2n) is 8.58. The Hall–Kier alpha value is -1.22. The van der Waals surface area contributed by atoms with Crippen LogP contribution >= 0.6 is 8.25 Å². The summed E-state index contributed by atoms with van der Waals surface area (Å²) < 4.78 is 24.5. The predicted molar refractivity (Wildman–Crippen MR) is 125 cm³/mol. The van der Waals surface area contributed by atoms with E-state index in [0.29, 0.717) is 24.9 Å². The molecule has 2 fully saturated rings. The first-order chi connectivity index (χ1) is 14.6. The SMILES string of the molecule is CC/C(NC1CCCCC1)=C(\CC)O[P+](=O)O/C(CC)=C(/CC)NC1CCCCC1. The zero-order valence-electron chi connectivity index (χ0n) is 19.7. The molecule has 30 heavy (non-hydrogen) atoms. The van der Waals surface area contributed by atoms with Gasteiger partial charge in [0.25, 0.3) is 0 Å². The highest BCUT2D eigenvalue weighted by atomic mass is 31.1. The van der Waals surface area contributed by atoms with Crippen molar-refractivity contribution in [1.29, 1.82) is 0 Å². The van der Waals surface area contributed by atoms with Crippen molar-refractivity contribution >= 4 is 8.25 Å². The highest BCUT2D eigenvalue weighted by molar-refractivity contribution is 7.33. The van der Waals surface area contributed by atoms with Crippen LogP contribution < -0.4 is 10.6 Å². The van der Waals surface area contributed by atoms with E-state index in [1.54, 1.807) is 0 Å². The van der Waals surface area contributed by atoms with Crippen molar-refractivity contribution in [2.75, 3.05) is 0 Å².